The van der Waals surface area contributed by atoms with E-state index in [2.05, 4.69) is 205 Å². The summed E-state index contributed by atoms with van der Waals surface area (Å²) >= 11 is 0. The fourth-order valence-electron chi connectivity index (χ4n) is 9.02. The summed E-state index contributed by atoms with van der Waals surface area (Å²) in [7, 11) is 0. The lowest BCUT2D eigenvalue weighted by molar-refractivity contribution is 1.09. The molecule has 0 saturated carbocycles. The van der Waals surface area contributed by atoms with E-state index in [1.54, 1.807) is 0 Å². The van der Waals surface area contributed by atoms with Gasteiger partial charge in [0.2, 0.25) is 0 Å². The second kappa shape index (κ2) is 15.2. The minimum atomic E-state index is 0.825. The van der Waals surface area contributed by atoms with Crippen LogP contribution < -0.4 is 0 Å². The highest BCUT2D eigenvalue weighted by atomic mass is 14.8. The van der Waals surface area contributed by atoms with Gasteiger partial charge in [0.05, 0.1) is 5.70 Å². The maximum atomic E-state index is 5.51. The third kappa shape index (κ3) is 6.59. The van der Waals surface area contributed by atoms with Gasteiger partial charge in [0.1, 0.15) is 0 Å². The van der Waals surface area contributed by atoms with Crippen LogP contribution in [0.1, 0.15) is 29.5 Å². The van der Waals surface area contributed by atoms with E-state index in [1.165, 1.54) is 76.5 Å². The van der Waals surface area contributed by atoms with Crippen LogP contribution >= 0.6 is 0 Å². The van der Waals surface area contributed by atoms with Crippen LogP contribution in [0, 0.1) is 0 Å². The van der Waals surface area contributed by atoms with Crippen molar-refractivity contribution in [2.24, 2.45) is 4.99 Å². The van der Waals surface area contributed by atoms with E-state index in [0.29, 0.717) is 0 Å². The first-order chi connectivity index (χ1) is 29.7. The molecule has 0 radical (unpaired) electrons. The van der Waals surface area contributed by atoms with Crippen LogP contribution in [0.25, 0.3) is 87.7 Å². The van der Waals surface area contributed by atoms with Gasteiger partial charge in [-0.3, -0.25) is 9.98 Å². The van der Waals surface area contributed by atoms with E-state index in [1.807, 2.05) is 18.5 Å². The van der Waals surface area contributed by atoms with Crippen molar-refractivity contribution in [3.63, 3.8) is 0 Å². The summed E-state index contributed by atoms with van der Waals surface area (Å²) in [4.78, 5) is 9.91. The van der Waals surface area contributed by atoms with Crippen LogP contribution in [-0.2, 0) is 0 Å². The highest BCUT2D eigenvalue weighted by Crippen LogP contribution is 2.38. The lowest BCUT2D eigenvalue weighted by Gasteiger charge is -2.16. The predicted molar refractivity (Wildman–Crippen MR) is 255 cm³/mol. The maximum Gasteiger partial charge on any atom is 0.0711 e. The number of benzene rings is 9. The van der Waals surface area contributed by atoms with Crippen molar-refractivity contribution in [3.05, 3.63) is 235 Å². The zero-order chi connectivity index (χ0) is 39.8. The van der Waals surface area contributed by atoms with E-state index in [9.17, 15) is 0 Å². The molecule has 1 aromatic heterocycles. The molecular formula is C58H40N2. The Morgan fingerprint density at radius 1 is 0.367 bits per heavy atom. The van der Waals surface area contributed by atoms with Crippen molar-refractivity contribution < 1.29 is 0 Å². The Morgan fingerprint density at radius 2 is 0.933 bits per heavy atom. The smallest absolute Gasteiger partial charge is 0.0711 e. The molecule has 0 atom stereocenters. The number of hydrogen-bond donors (Lipinski definition) is 0. The molecule has 0 saturated heterocycles. The molecule has 11 rings (SSSR count). The third-order valence-electron chi connectivity index (χ3n) is 12.1. The summed E-state index contributed by atoms with van der Waals surface area (Å²) in [6.07, 6.45) is 10.1. The average Bonchev–Trinajstić information content (AvgIpc) is 3.32. The molecule has 2 nitrogen and oxygen atoms in total. The number of nitrogens with zero attached hydrogens (tertiary/aromatic N) is 2. The van der Waals surface area contributed by atoms with Gasteiger partial charge >= 0.3 is 0 Å². The molecule has 1 aliphatic heterocycles. The van der Waals surface area contributed by atoms with E-state index >= 15 is 0 Å². The van der Waals surface area contributed by atoms with E-state index in [4.69, 9.17) is 4.99 Å². The quantitative estimate of drug-likeness (QED) is 0.155. The van der Waals surface area contributed by atoms with Gasteiger partial charge in [-0.05, 0) is 125 Å². The summed E-state index contributed by atoms with van der Waals surface area (Å²) in [6, 6.07) is 70.4. The van der Waals surface area contributed by atoms with Crippen LogP contribution in [0.4, 0.5) is 0 Å². The second-order valence-electron chi connectivity index (χ2n) is 15.6. The molecule has 0 N–H and O–H groups in total. The Bertz CT molecular complexity index is 3290. The largest absolute Gasteiger partial charge is 0.264 e. The summed E-state index contributed by atoms with van der Waals surface area (Å²) in [5, 5.41) is 10.3. The summed E-state index contributed by atoms with van der Waals surface area (Å²) in [6.45, 7) is 0. The van der Waals surface area contributed by atoms with Crippen molar-refractivity contribution >= 4 is 60.1 Å². The van der Waals surface area contributed by atoms with Crippen molar-refractivity contribution in [1.29, 1.82) is 0 Å². The van der Waals surface area contributed by atoms with Gasteiger partial charge in [-0.25, -0.2) is 0 Å². The number of hydrogen-bond acceptors (Lipinski definition) is 2. The average molecular weight is 765 g/mol. The summed E-state index contributed by atoms with van der Waals surface area (Å²) < 4.78 is 0. The molecular weight excluding hydrogens is 725 g/mol. The molecule has 10 aromatic rings. The van der Waals surface area contributed by atoms with Crippen molar-refractivity contribution in [2.45, 2.75) is 12.8 Å². The summed E-state index contributed by atoms with van der Waals surface area (Å²) in [5.41, 5.74) is 13.7. The molecule has 0 spiro atoms. The van der Waals surface area contributed by atoms with Crippen molar-refractivity contribution in [2.75, 3.05) is 0 Å². The molecule has 0 unspecified atom stereocenters. The maximum absolute atomic E-state index is 5.51. The first kappa shape index (κ1) is 35.5. The molecule has 282 valence electrons. The lowest BCUT2D eigenvalue weighted by atomic mass is 9.91. The van der Waals surface area contributed by atoms with Crippen molar-refractivity contribution in [3.8, 4) is 33.4 Å². The van der Waals surface area contributed by atoms with Gasteiger partial charge in [0.15, 0.2) is 0 Å². The first-order valence-corrected chi connectivity index (χ1v) is 20.8. The van der Waals surface area contributed by atoms with E-state index in [0.717, 1.165) is 46.5 Å². The number of aromatic nitrogens is 1. The van der Waals surface area contributed by atoms with Crippen LogP contribution in [-0.4, -0.2) is 10.7 Å². The zero-order valence-electron chi connectivity index (χ0n) is 33.1. The van der Waals surface area contributed by atoms with Gasteiger partial charge in [-0.2, -0.15) is 0 Å². The van der Waals surface area contributed by atoms with Gasteiger partial charge in [0, 0.05) is 29.2 Å². The Kier molecular flexibility index (Phi) is 9.02. The minimum Gasteiger partial charge on any atom is -0.264 e. The Morgan fingerprint density at radius 3 is 1.68 bits per heavy atom. The van der Waals surface area contributed by atoms with Crippen LogP contribution in [0.15, 0.2) is 224 Å². The molecule has 0 aliphatic carbocycles. The molecule has 0 fully saturated rings. The molecule has 2 heteroatoms. The fourth-order valence-corrected chi connectivity index (χ4v) is 9.02. The third-order valence-corrected chi connectivity index (χ3v) is 12.1. The van der Waals surface area contributed by atoms with Crippen LogP contribution in [0.3, 0.4) is 0 Å². The zero-order valence-corrected chi connectivity index (χ0v) is 33.1. The summed E-state index contributed by atoms with van der Waals surface area (Å²) in [5.74, 6) is 0. The Labute approximate surface area is 350 Å². The number of rotatable bonds is 6. The number of aliphatic imine (C=N–C) groups is 1. The molecule has 60 heavy (non-hydrogen) atoms. The molecule has 0 bridgehead atoms. The predicted octanol–water partition coefficient (Wildman–Crippen LogP) is 15.4. The normalized spacial score (nSPS) is 15.8. The first-order valence-electron chi connectivity index (χ1n) is 20.8. The number of pyridine rings is 1. The lowest BCUT2D eigenvalue weighted by Crippen LogP contribution is -2.04. The molecule has 9 aromatic carbocycles. The highest BCUT2D eigenvalue weighted by molar-refractivity contribution is 6.25. The Balaban J connectivity index is 0.965. The molecule has 1 aliphatic rings. The molecule has 0 amide bonds. The second-order valence-corrected chi connectivity index (χ2v) is 15.6. The van der Waals surface area contributed by atoms with Crippen LogP contribution in [0.2, 0.25) is 0 Å². The van der Waals surface area contributed by atoms with E-state index < -0.39 is 0 Å². The standard InChI is InChI=1S/C58H40N2/c1-2-17-49-41(11-1)12-8-22-50(49)42-28-24-39(25-29-42)45-14-9-23-57(60-58(37-45)47-15-7-13-44(35-47)48-16-10-34-59-38-48)43-30-26-40(27-31-43)46-32-33-55-53-20-4-3-18-51(53)52-19-5-6-21-54(52)56(55)36-46/h1-8,10-22,24-38H,9,23H2/b45-14+,58-37-,60-57+. The van der Waals surface area contributed by atoms with Crippen LogP contribution in [0.5, 0.6) is 0 Å². The monoisotopic (exact) mass is 764 g/mol. The number of fused-ring (bicyclic) bond motifs is 7. The minimum absolute atomic E-state index is 0.825. The molecule has 2 heterocycles. The van der Waals surface area contributed by atoms with Crippen molar-refractivity contribution in [1.82, 2.24) is 4.98 Å². The van der Waals surface area contributed by atoms with Gasteiger partial charge < -0.3 is 0 Å². The van der Waals surface area contributed by atoms with E-state index in [-0.39, 0.29) is 0 Å². The number of allylic oxidation sites excluding steroid dienone is 3. The van der Waals surface area contributed by atoms with Gasteiger partial charge in [-0.1, -0.05) is 182 Å². The van der Waals surface area contributed by atoms with Gasteiger partial charge in [-0.15, -0.1) is 0 Å². The fraction of sp³-hybridized carbons (Fsp3) is 0.0345. The SMILES string of the molecule is C1=C(c2cccc(-c3cccnc3)c2)\N=C(\c2ccc(-c3ccc4c5ccccc5c5ccccc5c4c3)cc2)CC\C=C/1c1ccc(-c2cccc3ccccc23)cc1. The van der Waals surface area contributed by atoms with Gasteiger partial charge in [0.25, 0.3) is 0 Å². The highest BCUT2D eigenvalue weighted by Gasteiger charge is 2.15. The Hall–Kier alpha value is -7.68. The topological polar surface area (TPSA) is 25.2 Å².